The number of aromatic nitrogens is 2. The van der Waals surface area contributed by atoms with Gasteiger partial charge in [-0.1, -0.05) is 15.9 Å². The minimum Gasteiger partial charge on any atom is -0.493 e. The molecule has 6 nitrogen and oxygen atoms in total. The normalized spacial score (nSPS) is 30.4. The van der Waals surface area contributed by atoms with Gasteiger partial charge >= 0.3 is 0 Å². The molecule has 0 saturated carbocycles. The van der Waals surface area contributed by atoms with Gasteiger partial charge in [0.2, 0.25) is 0 Å². The fourth-order valence-corrected chi connectivity index (χ4v) is 2.89. The molecule has 2 aromatic carbocycles. The number of nitrogens with one attached hydrogen (secondary N) is 1. The van der Waals surface area contributed by atoms with E-state index < -0.39 is 69.6 Å². The van der Waals surface area contributed by atoms with Gasteiger partial charge in [0.1, 0.15) is 18.0 Å². The maximum Gasteiger partial charge on any atom is 0.163 e. The van der Waals surface area contributed by atoms with E-state index in [-0.39, 0.29) is 27.3 Å². The lowest BCUT2D eigenvalue weighted by Gasteiger charge is -2.28. The summed E-state index contributed by atoms with van der Waals surface area (Å²) in [6, 6.07) is 6.04. The molecule has 30 heavy (non-hydrogen) atoms. The molecular formula is C22H24BrFN4O2. The maximum atomic E-state index is 14.5. The Labute approximate surface area is 204 Å². The van der Waals surface area contributed by atoms with Gasteiger partial charge in [-0.25, -0.2) is 14.4 Å². The highest BCUT2D eigenvalue weighted by Gasteiger charge is 2.19. The van der Waals surface area contributed by atoms with E-state index in [1.807, 2.05) is 0 Å². The van der Waals surface area contributed by atoms with Crippen LogP contribution in [0.25, 0.3) is 10.9 Å². The Morgan fingerprint density at radius 3 is 2.93 bits per heavy atom. The van der Waals surface area contributed by atoms with E-state index in [0.717, 1.165) is 18.5 Å². The number of methoxy groups -OCH3 is 1. The summed E-state index contributed by atoms with van der Waals surface area (Å²) in [7, 11) is -3.18. The highest BCUT2D eigenvalue weighted by molar-refractivity contribution is 9.10. The average molecular weight is 490 g/mol. The van der Waals surface area contributed by atoms with Gasteiger partial charge in [0.05, 0.1) is 31.7 Å². The summed E-state index contributed by atoms with van der Waals surface area (Å²) in [5.74, 6) is -5.12. The van der Waals surface area contributed by atoms with Crippen LogP contribution in [0.2, 0.25) is 0 Å². The van der Waals surface area contributed by atoms with Gasteiger partial charge in [-0.2, -0.15) is 0 Å². The van der Waals surface area contributed by atoms with Crippen molar-refractivity contribution < 1.29 is 34.4 Å². The largest absolute Gasteiger partial charge is 0.493 e. The molecule has 0 spiro atoms. The number of ether oxygens (including phenoxy) is 2. The number of nitrogens with zero attached hydrogens (tertiary/aromatic N) is 3. The quantitative estimate of drug-likeness (QED) is 0.525. The number of benzene rings is 2. The molecule has 1 saturated heterocycles. The minimum absolute atomic E-state index is 0.0237. The summed E-state index contributed by atoms with van der Waals surface area (Å²) < 4.78 is 147. The number of halogens is 2. The lowest BCUT2D eigenvalue weighted by atomic mass is 9.98. The maximum absolute atomic E-state index is 14.5. The zero-order valence-corrected chi connectivity index (χ0v) is 16.6. The smallest absolute Gasteiger partial charge is 0.163 e. The van der Waals surface area contributed by atoms with Crippen LogP contribution in [0.5, 0.6) is 11.5 Å². The highest BCUT2D eigenvalue weighted by Crippen LogP contribution is 2.35. The third kappa shape index (κ3) is 4.65. The van der Waals surface area contributed by atoms with Crippen LogP contribution in [0, 0.1) is 11.7 Å². The first-order chi connectivity index (χ1) is 20.3. The van der Waals surface area contributed by atoms with Gasteiger partial charge in [-0.15, -0.1) is 0 Å². The van der Waals surface area contributed by atoms with E-state index in [1.54, 1.807) is 0 Å². The van der Waals surface area contributed by atoms with E-state index in [1.165, 1.54) is 18.2 Å². The summed E-state index contributed by atoms with van der Waals surface area (Å²) in [5.41, 5.74) is -0.0958. The molecule has 2 heterocycles. The summed E-state index contributed by atoms with van der Waals surface area (Å²) in [6.45, 7) is -13.4. The Morgan fingerprint density at radius 1 is 1.30 bits per heavy atom. The number of hydrogen-bond donors (Lipinski definition) is 1. The van der Waals surface area contributed by atoms with E-state index in [4.69, 9.17) is 30.0 Å². The van der Waals surface area contributed by atoms with Crippen LogP contribution in [0.4, 0.5) is 15.9 Å². The second-order valence-corrected chi connectivity index (χ2v) is 6.84. The second-order valence-electron chi connectivity index (χ2n) is 5.92. The molecule has 0 atom stereocenters. The van der Waals surface area contributed by atoms with E-state index in [9.17, 15) is 4.39 Å². The summed E-state index contributed by atoms with van der Waals surface area (Å²) in [5, 5.41) is 2.75. The Morgan fingerprint density at radius 2 is 2.17 bits per heavy atom. The number of anilines is 2. The molecule has 0 aliphatic carbocycles. The number of hydrogen-bond acceptors (Lipinski definition) is 6. The van der Waals surface area contributed by atoms with Crippen molar-refractivity contribution in [3.8, 4) is 11.5 Å². The van der Waals surface area contributed by atoms with Crippen molar-refractivity contribution in [2.45, 2.75) is 12.7 Å². The lowest BCUT2D eigenvalue weighted by molar-refractivity contribution is 0.157. The van der Waals surface area contributed by atoms with Gasteiger partial charge in [0.15, 0.2) is 11.5 Å². The predicted octanol–water partition coefficient (Wildman–Crippen LogP) is 5.00. The molecule has 0 bridgehead atoms. The summed E-state index contributed by atoms with van der Waals surface area (Å²) >= 11 is 3.14. The van der Waals surface area contributed by atoms with Crippen LogP contribution in [0.15, 0.2) is 41.1 Å². The average Bonchev–Trinajstić information content (AvgIpc) is 2.83. The molecule has 0 amide bonds. The van der Waals surface area contributed by atoms with Crippen LogP contribution in [0.1, 0.15) is 33.3 Å². The molecule has 0 radical (unpaired) electrons. The zero-order valence-electron chi connectivity index (χ0n) is 30.0. The van der Waals surface area contributed by atoms with Crippen LogP contribution < -0.4 is 14.8 Å². The van der Waals surface area contributed by atoms with Crippen molar-refractivity contribution in [2.75, 3.05) is 38.9 Å². The summed E-state index contributed by atoms with van der Waals surface area (Å²) in [4.78, 5) is 7.78. The second kappa shape index (κ2) is 9.14. The number of rotatable bonds is 6. The zero-order chi connectivity index (χ0) is 34.1. The minimum atomic E-state index is -3.65. The number of fused-ring (bicyclic) bond motifs is 1. The van der Waals surface area contributed by atoms with Gasteiger partial charge in [-0.3, -0.25) is 0 Å². The first kappa shape index (κ1) is 9.36. The molecule has 158 valence electrons. The Kier molecular flexibility index (Phi) is 2.85. The van der Waals surface area contributed by atoms with Crippen LogP contribution in [0.3, 0.4) is 0 Å². The van der Waals surface area contributed by atoms with Gasteiger partial charge < -0.3 is 19.7 Å². The van der Waals surface area contributed by atoms with Gasteiger partial charge in [0, 0.05) is 29.6 Å². The van der Waals surface area contributed by atoms with E-state index in [2.05, 4.69) is 31.2 Å². The predicted molar refractivity (Wildman–Crippen MR) is 119 cm³/mol. The molecule has 1 fully saturated rings. The van der Waals surface area contributed by atoms with Gasteiger partial charge in [0.25, 0.3) is 0 Å². The van der Waals surface area contributed by atoms with Crippen LogP contribution >= 0.6 is 15.9 Å². The van der Waals surface area contributed by atoms with Crippen molar-refractivity contribution in [3.63, 3.8) is 0 Å². The van der Waals surface area contributed by atoms with Crippen LogP contribution in [-0.2, 0) is 0 Å². The molecule has 1 aliphatic heterocycles. The monoisotopic (exact) mass is 489 g/mol. The van der Waals surface area contributed by atoms with Crippen LogP contribution in [-0.4, -0.2) is 48.5 Å². The Hall–Kier alpha value is -2.45. The Bertz CT molecular complexity index is 1580. The SMILES string of the molecule is [2H]C([2H])N1C([2H])([2H])C([2H])([2H])C(C([2H])([2H])Oc2cc3ncnc(Nc4ccc(Br)cc4F)c3cc2OC([2H])([2H])[2H])C([2H])([2H])C1([2H])[2H]. The van der Waals surface area contributed by atoms with Crippen molar-refractivity contribution in [2.24, 2.45) is 5.92 Å². The third-order valence-electron chi connectivity index (χ3n) is 3.94. The van der Waals surface area contributed by atoms with Crippen molar-refractivity contribution in [3.05, 3.63) is 46.9 Å². The first-order valence-corrected chi connectivity index (χ1v) is 9.17. The molecule has 0 unspecified atom stereocenters. The van der Waals surface area contributed by atoms with E-state index >= 15 is 0 Å². The van der Waals surface area contributed by atoms with Crippen molar-refractivity contribution >= 4 is 38.3 Å². The fourth-order valence-electron chi connectivity index (χ4n) is 2.56. The summed E-state index contributed by atoms with van der Waals surface area (Å²) in [6.07, 6.45) is -6.28. The third-order valence-corrected chi connectivity index (χ3v) is 4.43. The standard InChI is InChI=1S/C22H24BrFN4O2/c1-28-7-5-14(6-8-28)12-30-21-11-19-16(10-20(21)29-2)22(26-13-25-19)27-18-4-3-15(23)9-17(18)24/h3-4,9-11,13-14H,5-8,12H2,1-2H3,(H,25,26,27)/i1D2,2D3,5D2,6D2,7D2,8D2,12D2. The highest BCUT2D eigenvalue weighted by atomic mass is 79.9. The topological polar surface area (TPSA) is 59.5 Å². The number of likely N-dealkylation sites (tertiary alicyclic amines) is 1. The molecule has 1 N–H and O–H groups in total. The van der Waals surface area contributed by atoms with Crippen molar-refractivity contribution in [1.82, 2.24) is 14.9 Å². The van der Waals surface area contributed by atoms with Crippen molar-refractivity contribution in [1.29, 1.82) is 0 Å². The molecule has 1 aliphatic rings. The lowest BCUT2D eigenvalue weighted by Crippen LogP contribution is -2.32. The Balaban J connectivity index is 1.86. The molecule has 4 rings (SSSR count). The molecule has 1 aromatic heterocycles. The molecular weight excluding hydrogens is 451 g/mol. The number of piperidine rings is 1. The molecule has 8 heteroatoms. The van der Waals surface area contributed by atoms with E-state index in [0.29, 0.717) is 4.47 Å². The fraction of sp³-hybridized carbons (Fsp3) is 0.364. The molecule has 3 aromatic rings. The van der Waals surface area contributed by atoms with Gasteiger partial charge in [-0.05, 0) is 62.9 Å². The first-order valence-electron chi connectivity index (χ1n) is 16.0.